The van der Waals surface area contributed by atoms with Crippen molar-refractivity contribution in [1.82, 2.24) is 4.31 Å². The van der Waals surface area contributed by atoms with Crippen molar-refractivity contribution in [3.05, 3.63) is 58.6 Å². The zero-order valence-electron chi connectivity index (χ0n) is 12.0. The van der Waals surface area contributed by atoms with Crippen LogP contribution < -0.4 is 4.74 Å². The van der Waals surface area contributed by atoms with Gasteiger partial charge in [-0.15, -0.1) is 0 Å². The van der Waals surface area contributed by atoms with E-state index < -0.39 is 16.0 Å². The standard InChI is InChI=1S/C15H14BrNO4S/c1-17(2)22(19,20)12-8-9-14(16)13(10-12)15(18)21-11-6-4-3-5-7-11/h3-10H,1-2H3. The van der Waals surface area contributed by atoms with Crippen molar-refractivity contribution in [3.63, 3.8) is 0 Å². The van der Waals surface area contributed by atoms with Gasteiger partial charge in [-0.3, -0.25) is 0 Å². The lowest BCUT2D eigenvalue weighted by molar-refractivity contribution is 0.0733. The molecule has 116 valence electrons. The highest BCUT2D eigenvalue weighted by atomic mass is 79.9. The number of para-hydroxylation sites is 1. The Morgan fingerprint density at radius 1 is 1.09 bits per heavy atom. The summed E-state index contributed by atoms with van der Waals surface area (Å²) in [7, 11) is -0.758. The monoisotopic (exact) mass is 383 g/mol. The largest absolute Gasteiger partial charge is 0.423 e. The highest BCUT2D eigenvalue weighted by molar-refractivity contribution is 9.10. The van der Waals surface area contributed by atoms with Crippen LogP contribution in [0.2, 0.25) is 0 Å². The van der Waals surface area contributed by atoms with Gasteiger partial charge < -0.3 is 4.74 Å². The fourth-order valence-corrected chi connectivity index (χ4v) is 3.02. The predicted molar refractivity (Wildman–Crippen MR) is 86.4 cm³/mol. The van der Waals surface area contributed by atoms with Crippen LogP contribution in [-0.2, 0) is 10.0 Å². The number of benzene rings is 2. The predicted octanol–water partition coefficient (Wildman–Crippen LogP) is 2.92. The Kier molecular flexibility index (Phi) is 5.00. The van der Waals surface area contributed by atoms with Crippen molar-refractivity contribution in [1.29, 1.82) is 0 Å². The molecule has 0 fully saturated rings. The normalized spacial score (nSPS) is 11.5. The molecule has 0 aromatic heterocycles. The third kappa shape index (κ3) is 3.55. The van der Waals surface area contributed by atoms with Gasteiger partial charge in [-0.2, -0.15) is 0 Å². The first-order valence-electron chi connectivity index (χ1n) is 6.31. The first-order valence-corrected chi connectivity index (χ1v) is 8.55. The molecule has 0 saturated heterocycles. The molecule has 0 aliphatic heterocycles. The zero-order chi connectivity index (χ0) is 16.3. The van der Waals surface area contributed by atoms with E-state index in [4.69, 9.17) is 4.74 Å². The lowest BCUT2D eigenvalue weighted by Crippen LogP contribution is -2.22. The Morgan fingerprint density at radius 3 is 2.32 bits per heavy atom. The molecule has 0 aliphatic rings. The van der Waals surface area contributed by atoms with E-state index in [9.17, 15) is 13.2 Å². The second-order valence-corrected chi connectivity index (χ2v) is 7.64. The van der Waals surface area contributed by atoms with Gasteiger partial charge in [-0.05, 0) is 46.3 Å². The molecule has 2 rings (SSSR count). The average molecular weight is 384 g/mol. The number of carbonyl (C=O) groups is 1. The number of halogens is 1. The zero-order valence-corrected chi connectivity index (χ0v) is 14.4. The Hall–Kier alpha value is -1.70. The maximum atomic E-state index is 12.2. The SMILES string of the molecule is CN(C)S(=O)(=O)c1ccc(Br)c(C(=O)Oc2ccccc2)c1. The first-order chi connectivity index (χ1) is 10.3. The van der Waals surface area contributed by atoms with Crippen LogP contribution in [0.4, 0.5) is 0 Å². The third-order valence-electron chi connectivity index (χ3n) is 2.89. The molecule has 0 bridgehead atoms. The number of ether oxygens (including phenoxy) is 1. The minimum absolute atomic E-state index is 0.0284. The summed E-state index contributed by atoms with van der Waals surface area (Å²) in [4.78, 5) is 12.3. The van der Waals surface area contributed by atoms with Crippen molar-refractivity contribution in [2.45, 2.75) is 4.90 Å². The van der Waals surface area contributed by atoms with E-state index in [0.29, 0.717) is 10.2 Å². The Labute approximate surface area is 137 Å². The molecule has 0 N–H and O–H groups in total. The summed E-state index contributed by atoms with van der Waals surface area (Å²) in [5, 5.41) is 0. The summed E-state index contributed by atoms with van der Waals surface area (Å²) in [5.74, 6) is -0.242. The minimum Gasteiger partial charge on any atom is -0.423 e. The van der Waals surface area contributed by atoms with Gasteiger partial charge >= 0.3 is 5.97 Å². The summed E-state index contributed by atoms with van der Waals surface area (Å²) in [6.45, 7) is 0. The van der Waals surface area contributed by atoms with E-state index >= 15 is 0 Å². The van der Waals surface area contributed by atoms with Crippen LogP contribution in [0, 0.1) is 0 Å². The van der Waals surface area contributed by atoms with Crippen molar-refractivity contribution in [2.75, 3.05) is 14.1 Å². The summed E-state index contributed by atoms with van der Waals surface area (Å²) < 4.78 is 31.1. The number of rotatable bonds is 4. The fraction of sp³-hybridized carbons (Fsp3) is 0.133. The van der Waals surface area contributed by atoms with Gasteiger partial charge in [0.1, 0.15) is 5.75 Å². The molecule has 5 nitrogen and oxygen atoms in total. The molecule has 0 atom stereocenters. The number of sulfonamides is 1. The fourth-order valence-electron chi connectivity index (χ4n) is 1.68. The van der Waals surface area contributed by atoms with Gasteiger partial charge in [-0.1, -0.05) is 18.2 Å². The molecular weight excluding hydrogens is 370 g/mol. The number of esters is 1. The minimum atomic E-state index is -3.62. The maximum absolute atomic E-state index is 12.2. The van der Waals surface area contributed by atoms with Crippen molar-refractivity contribution in [2.24, 2.45) is 0 Å². The average Bonchev–Trinajstić information content (AvgIpc) is 2.48. The summed E-state index contributed by atoms with van der Waals surface area (Å²) in [5.41, 5.74) is 0.145. The second-order valence-electron chi connectivity index (χ2n) is 4.63. The van der Waals surface area contributed by atoms with Gasteiger partial charge in [0.05, 0.1) is 10.5 Å². The highest BCUT2D eigenvalue weighted by Gasteiger charge is 2.21. The van der Waals surface area contributed by atoms with Crippen molar-refractivity contribution < 1.29 is 17.9 Å². The van der Waals surface area contributed by atoms with Crippen LogP contribution in [0.1, 0.15) is 10.4 Å². The van der Waals surface area contributed by atoms with E-state index in [1.54, 1.807) is 30.3 Å². The van der Waals surface area contributed by atoms with Gasteiger partial charge in [0.25, 0.3) is 0 Å². The lowest BCUT2D eigenvalue weighted by atomic mass is 10.2. The molecule has 0 aliphatic carbocycles. The summed E-state index contributed by atoms with van der Waals surface area (Å²) >= 11 is 3.24. The highest BCUT2D eigenvalue weighted by Crippen LogP contribution is 2.24. The lowest BCUT2D eigenvalue weighted by Gasteiger charge is -2.13. The topological polar surface area (TPSA) is 63.7 Å². The molecule has 2 aromatic rings. The first kappa shape index (κ1) is 16.7. The molecule has 22 heavy (non-hydrogen) atoms. The van der Waals surface area contributed by atoms with Crippen LogP contribution in [0.15, 0.2) is 57.9 Å². The molecule has 7 heteroatoms. The van der Waals surface area contributed by atoms with Crippen molar-refractivity contribution >= 4 is 31.9 Å². The molecule has 0 radical (unpaired) electrons. The summed E-state index contributed by atoms with van der Waals surface area (Å²) in [6.07, 6.45) is 0. The molecule has 0 amide bonds. The van der Waals surface area contributed by atoms with Crippen LogP contribution in [0.3, 0.4) is 0 Å². The van der Waals surface area contributed by atoms with E-state index in [0.717, 1.165) is 4.31 Å². The maximum Gasteiger partial charge on any atom is 0.344 e. The Balaban J connectivity index is 2.37. The van der Waals surface area contributed by atoms with Crippen LogP contribution in [0.25, 0.3) is 0 Å². The third-order valence-corrected chi connectivity index (χ3v) is 5.39. The van der Waals surface area contributed by atoms with Crippen LogP contribution >= 0.6 is 15.9 Å². The molecule has 0 unspecified atom stereocenters. The van der Waals surface area contributed by atoms with Gasteiger partial charge in [0, 0.05) is 18.6 Å². The Morgan fingerprint density at radius 2 is 1.73 bits per heavy atom. The molecule has 0 saturated carbocycles. The van der Waals surface area contributed by atoms with E-state index in [-0.39, 0.29) is 10.5 Å². The molecule has 0 heterocycles. The van der Waals surface area contributed by atoms with Crippen molar-refractivity contribution in [3.8, 4) is 5.75 Å². The van der Waals surface area contributed by atoms with E-state index in [1.807, 2.05) is 0 Å². The molecule has 0 spiro atoms. The van der Waals surface area contributed by atoms with Crippen LogP contribution in [-0.4, -0.2) is 32.8 Å². The molecule has 2 aromatic carbocycles. The van der Waals surface area contributed by atoms with E-state index in [2.05, 4.69) is 15.9 Å². The number of carbonyl (C=O) groups excluding carboxylic acids is 1. The van der Waals surface area contributed by atoms with Crippen LogP contribution in [0.5, 0.6) is 5.75 Å². The number of hydrogen-bond donors (Lipinski definition) is 0. The van der Waals surface area contributed by atoms with Gasteiger partial charge in [0.2, 0.25) is 10.0 Å². The quantitative estimate of drug-likeness (QED) is 0.601. The smallest absolute Gasteiger partial charge is 0.344 e. The number of nitrogens with zero attached hydrogens (tertiary/aromatic N) is 1. The Bertz CT molecular complexity index is 788. The molecular formula is C15H14BrNO4S. The van der Waals surface area contributed by atoms with E-state index in [1.165, 1.54) is 32.3 Å². The van der Waals surface area contributed by atoms with Gasteiger partial charge in [0.15, 0.2) is 0 Å². The second kappa shape index (κ2) is 6.60. The van der Waals surface area contributed by atoms with Gasteiger partial charge in [-0.25, -0.2) is 17.5 Å². The summed E-state index contributed by atoms with van der Waals surface area (Å²) in [6, 6.07) is 12.8. The number of hydrogen-bond acceptors (Lipinski definition) is 4.